The topological polar surface area (TPSA) is 87.4 Å². The van der Waals surface area contributed by atoms with Crippen LogP contribution in [0.15, 0.2) is 48.2 Å². The summed E-state index contributed by atoms with van der Waals surface area (Å²) in [5, 5.41) is 11.5. The van der Waals surface area contributed by atoms with E-state index < -0.39 is 17.7 Å². The number of likely N-dealkylation sites (tertiary alicyclic amines) is 1. The van der Waals surface area contributed by atoms with E-state index in [9.17, 15) is 14.7 Å². The molecule has 0 saturated carbocycles. The minimum absolute atomic E-state index is 0.0688. The number of rotatable bonds is 7. The number of likely N-dealkylation sites (N-methyl/N-ethyl adjacent to an activating group) is 1. The molecule has 2 aromatic heterocycles. The Morgan fingerprint density at radius 1 is 1.15 bits per heavy atom. The predicted octanol–water partition coefficient (Wildman–Crippen LogP) is 3.33. The van der Waals surface area contributed by atoms with Gasteiger partial charge in [0.2, 0.25) is 0 Å². The van der Waals surface area contributed by atoms with Gasteiger partial charge in [0, 0.05) is 19.3 Å². The van der Waals surface area contributed by atoms with E-state index in [1.807, 2.05) is 69.2 Å². The van der Waals surface area contributed by atoms with Crippen LogP contribution in [0, 0.1) is 13.8 Å². The fraction of sp³-hybridized carbons (Fsp3) is 0.346. The SMILES string of the molecule is CCOc1ccc([C@@H]2C(=C(O)c3c(C)nc4c(C)cccn34)C(=O)C(=O)N2CCN(C)C)cc1. The van der Waals surface area contributed by atoms with Gasteiger partial charge in [0.1, 0.15) is 17.1 Å². The summed E-state index contributed by atoms with van der Waals surface area (Å²) in [5.41, 5.74) is 3.43. The summed E-state index contributed by atoms with van der Waals surface area (Å²) in [7, 11) is 3.82. The molecule has 178 valence electrons. The molecule has 1 amide bonds. The van der Waals surface area contributed by atoms with Crippen LogP contribution >= 0.6 is 0 Å². The average molecular weight is 463 g/mol. The Labute approximate surface area is 199 Å². The van der Waals surface area contributed by atoms with Crippen LogP contribution in [-0.2, 0) is 9.59 Å². The maximum Gasteiger partial charge on any atom is 0.295 e. The van der Waals surface area contributed by atoms with E-state index in [1.165, 1.54) is 4.90 Å². The molecule has 8 heteroatoms. The zero-order valence-electron chi connectivity index (χ0n) is 20.2. The molecule has 1 aliphatic rings. The van der Waals surface area contributed by atoms with Gasteiger partial charge in [-0.3, -0.25) is 14.0 Å². The normalized spacial score (nSPS) is 17.8. The molecule has 0 aliphatic carbocycles. The second-order valence-electron chi connectivity index (χ2n) is 8.73. The maximum atomic E-state index is 13.3. The standard InChI is InChI=1S/C26H30N4O4/c1-6-34-19-11-9-18(10-12-19)22-20(24(32)26(33)30(22)15-14-28(4)5)23(31)21-17(3)27-25-16(2)8-7-13-29(21)25/h7-13,22,31H,6,14-15H2,1-5H3/t22-/m1/s1. The molecular formula is C26H30N4O4. The third-order valence-corrected chi connectivity index (χ3v) is 6.08. The van der Waals surface area contributed by atoms with E-state index in [4.69, 9.17) is 4.74 Å². The number of nitrogens with zero attached hydrogens (tertiary/aromatic N) is 4. The fourth-order valence-electron chi connectivity index (χ4n) is 4.41. The number of aryl methyl sites for hydroxylation is 2. The lowest BCUT2D eigenvalue weighted by atomic mass is 9.96. The first kappa shape index (κ1) is 23.5. The molecule has 8 nitrogen and oxygen atoms in total. The number of pyridine rings is 1. The molecule has 1 aliphatic heterocycles. The zero-order chi connectivity index (χ0) is 24.6. The Balaban J connectivity index is 1.90. The van der Waals surface area contributed by atoms with E-state index in [2.05, 4.69) is 4.98 Å². The number of aliphatic hydroxyl groups is 1. The lowest BCUT2D eigenvalue weighted by Crippen LogP contribution is -2.35. The number of Topliss-reactive ketones (excluding diaryl/α,β-unsaturated/α-hetero) is 1. The summed E-state index contributed by atoms with van der Waals surface area (Å²) in [5.74, 6) is -0.841. The van der Waals surface area contributed by atoms with E-state index in [1.54, 1.807) is 17.5 Å². The van der Waals surface area contributed by atoms with Crippen molar-refractivity contribution in [3.8, 4) is 5.75 Å². The highest BCUT2D eigenvalue weighted by molar-refractivity contribution is 6.46. The smallest absolute Gasteiger partial charge is 0.295 e. The molecule has 0 radical (unpaired) electrons. The number of hydrogen-bond acceptors (Lipinski definition) is 6. The van der Waals surface area contributed by atoms with Gasteiger partial charge in [-0.2, -0.15) is 0 Å². The summed E-state index contributed by atoms with van der Waals surface area (Å²) < 4.78 is 7.32. The van der Waals surface area contributed by atoms with Crippen LogP contribution in [0.4, 0.5) is 0 Å². The van der Waals surface area contributed by atoms with Gasteiger partial charge in [-0.1, -0.05) is 18.2 Å². The summed E-state index contributed by atoms with van der Waals surface area (Å²) in [4.78, 5) is 34.5. The molecule has 3 heterocycles. The van der Waals surface area contributed by atoms with Crippen molar-refractivity contribution in [2.45, 2.75) is 26.8 Å². The molecule has 1 fully saturated rings. The Hall–Kier alpha value is -3.65. The minimum atomic E-state index is -0.717. The maximum absolute atomic E-state index is 13.3. The van der Waals surface area contributed by atoms with Crippen molar-refractivity contribution >= 4 is 23.1 Å². The zero-order valence-corrected chi connectivity index (χ0v) is 20.2. The molecule has 0 unspecified atom stereocenters. The quantitative estimate of drug-likeness (QED) is 0.329. The summed E-state index contributed by atoms with van der Waals surface area (Å²) in [6, 6.07) is 10.4. The van der Waals surface area contributed by atoms with E-state index in [0.29, 0.717) is 42.5 Å². The van der Waals surface area contributed by atoms with E-state index >= 15 is 0 Å². The predicted molar refractivity (Wildman–Crippen MR) is 130 cm³/mol. The Morgan fingerprint density at radius 3 is 2.50 bits per heavy atom. The van der Waals surface area contributed by atoms with Crippen molar-refractivity contribution in [2.24, 2.45) is 0 Å². The number of ether oxygens (including phenoxy) is 1. The third kappa shape index (κ3) is 4.05. The van der Waals surface area contributed by atoms with Crippen molar-refractivity contribution in [1.82, 2.24) is 19.2 Å². The molecule has 3 aromatic rings. The molecule has 1 atom stereocenters. The first-order chi connectivity index (χ1) is 16.2. The van der Waals surface area contributed by atoms with Crippen molar-refractivity contribution in [2.75, 3.05) is 33.8 Å². The first-order valence-electron chi connectivity index (χ1n) is 11.3. The highest BCUT2D eigenvalue weighted by Gasteiger charge is 2.46. The lowest BCUT2D eigenvalue weighted by Gasteiger charge is -2.26. The average Bonchev–Trinajstić information content (AvgIpc) is 3.27. The molecule has 34 heavy (non-hydrogen) atoms. The van der Waals surface area contributed by atoms with E-state index in [-0.39, 0.29) is 11.3 Å². The second-order valence-corrected chi connectivity index (χ2v) is 8.73. The molecule has 0 spiro atoms. The monoisotopic (exact) mass is 462 g/mol. The van der Waals surface area contributed by atoms with Crippen LogP contribution in [0.25, 0.3) is 11.4 Å². The van der Waals surface area contributed by atoms with Crippen LogP contribution in [0.3, 0.4) is 0 Å². The number of aliphatic hydroxyl groups excluding tert-OH is 1. The highest BCUT2D eigenvalue weighted by Crippen LogP contribution is 2.40. The van der Waals surface area contributed by atoms with Gasteiger partial charge in [-0.15, -0.1) is 0 Å². The first-order valence-corrected chi connectivity index (χ1v) is 11.3. The molecule has 0 bridgehead atoms. The largest absolute Gasteiger partial charge is 0.505 e. The van der Waals surface area contributed by atoms with Gasteiger partial charge < -0.3 is 19.6 Å². The minimum Gasteiger partial charge on any atom is -0.505 e. The summed E-state index contributed by atoms with van der Waals surface area (Å²) in [6.07, 6.45) is 1.80. The van der Waals surface area contributed by atoms with E-state index in [0.717, 1.165) is 11.1 Å². The molecule has 1 saturated heterocycles. The number of carbonyl (C=O) groups excluding carboxylic acids is 2. The number of ketones is 1. The number of fused-ring (bicyclic) bond motifs is 1. The number of imidazole rings is 1. The number of hydrogen-bond donors (Lipinski definition) is 1. The van der Waals surface area contributed by atoms with Crippen LogP contribution in [0.2, 0.25) is 0 Å². The van der Waals surface area contributed by atoms with Crippen molar-refractivity contribution < 1.29 is 19.4 Å². The Kier molecular flexibility index (Phi) is 6.43. The van der Waals surface area contributed by atoms with Crippen molar-refractivity contribution in [3.05, 3.63) is 70.7 Å². The van der Waals surface area contributed by atoms with Crippen LogP contribution < -0.4 is 4.74 Å². The van der Waals surface area contributed by atoms with Crippen LogP contribution in [-0.4, -0.2) is 69.8 Å². The number of carbonyl (C=O) groups is 2. The van der Waals surface area contributed by atoms with Gasteiger partial charge in [-0.05, 0) is 64.2 Å². The molecule has 1 N–H and O–H groups in total. The molecule has 4 rings (SSSR count). The number of benzene rings is 1. The third-order valence-electron chi connectivity index (χ3n) is 6.08. The molecular weight excluding hydrogens is 432 g/mol. The number of amides is 1. The van der Waals surface area contributed by atoms with Gasteiger partial charge in [0.25, 0.3) is 11.7 Å². The highest BCUT2D eigenvalue weighted by atomic mass is 16.5. The summed E-state index contributed by atoms with van der Waals surface area (Å²) in [6.45, 7) is 7.09. The van der Waals surface area contributed by atoms with Crippen molar-refractivity contribution in [3.63, 3.8) is 0 Å². The van der Waals surface area contributed by atoms with Crippen LogP contribution in [0.5, 0.6) is 5.75 Å². The van der Waals surface area contributed by atoms with Gasteiger partial charge >= 0.3 is 0 Å². The second kappa shape index (κ2) is 9.30. The molecule has 1 aromatic carbocycles. The van der Waals surface area contributed by atoms with Gasteiger partial charge in [0.15, 0.2) is 5.76 Å². The van der Waals surface area contributed by atoms with Gasteiger partial charge in [-0.25, -0.2) is 4.98 Å². The summed E-state index contributed by atoms with van der Waals surface area (Å²) >= 11 is 0. The van der Waals surface area contributed by atoms with Crippen molar-refractivity contribution in [1.29, 1.82) is 0 Å². The number of aromatic nitrogens is 2. The lowest BCUT2D eigenvalue weighted by molar-refractivity contribution is -0.140. The fourth-order valence-corrected chi connectivity index (χ4v) is 4.41. The van der Waals surface area contributed by atoms with Gasteiger partial charge in [0.05, 0.1) is 23.9 Å². The Morgan fingerprint density at radius 2 is 1.85 bits per heavy atom. The van der Waals surface area contributed by atoms with Crippen LogP contribution in [0.1, 0.15) is 35.5 Å². The Bertz CT molecular complexity index is 1270.